The molecule has 0 radical (unpaired) electrons. The number of unbranched alkanes of at least 4 members (excludes halogenated alkanes) is 2. The summed E-state index contributed by atoms with van der Waals surface area (Å²) in [6.45, 7) is 4.87. The maximum atomic E-state index is 11.6. The van der Waals surface area contributed by atoms with Crippen LogP contribution in [0, 0.1) is 0 Å². The lowest BCUT2D eigenvalue weighted by Crippen LogP contribution is -2.14. The first-order valence-electron chi connectivity index (χ1n) is 12.2. The van der Waals surface area contributed by atoms with Crippen LogP contribution in [0.5, 0.6) is 17.2 Å². The van der Waals surface area contributed by atoms with E-state index < -0.39 is 0 Å². The third-order valence-corrected chi connectivity index (χ3v) is 5.72. The number of hydrogen-bond acceptors (Lipinski definition) is 5. The Balaban J connectivity index is 1.49. The molecular formula is C29H36O5. The molecule has 0 aliphatic heterocycles. The third-order valence-electron chi connectivity index (χ3n) is 5.72. The fraction of sp³-hybridized carbons (Fsp3) is 0.414. The second-order valence-corrected chi connectivity index (χ2v) is 8.26. The van der Waals surface area contributed by atoms with Crippen LogP contribution in [0.3, 0.4) is 0 Å². The average molecular weight is 465 g/mol. The Kier molecular flexibility index (Phi) is 10.1. The van der Waals surface area contributed by atoms with Gasteiger partial charge in [0.05, 0.1) is 20.3 Å². The summed E-state index contributed by atoms with van der Waals surface area (Å²) in [7, 11) is 1.74. The molecule has 0 bridgehead atoms. The summed E-state index contributed by atoms with van der Waals surface area (Å²) in [6.07, 6.45) is 6.45. The first-order chi connectivity index (χ1) is 16.7. The van der Waals surface area contributed by atoms with E-state index in [1.165, 1.54) is 11.1 Å². The highest BCUT2D eigenvalue weighted by molar-refractivity contribution is 5.93. The lowest BCUT2D eigenvalue weighted by atomic mass is 10.0. The molecule has 0 saturated heterocycles. The van der Waals surface area contributed by atoms with Gasteiger partial charge in [0.15, 0.2) is 6.61 Å². The van der Waals surface area contributed by atoms with E-state index in [0.717, 1.165) is 60.8 Å². The van der Waals surface area contributed by atoms with Gasteiger partial charge in [-0.05, 0) is 68.4 Å². The Bertz CT molecular complexity index is 1060. The van der Waals surface area contributed by atoms with Crippen LogP contribution in [-0.2, 0) is 22.4 Å². The molecular weight excluding hydrogens is 428 g/mol. The van der Waals surface area contributed by atoms with Crippen LogP contribution in [-0.4, -0.2) is 32.9 Å². The number of fused-ring (bicyclic) bond motifs is 1. The molecule has 0 aliphatic rings. The van der Waals surface area contributed by atoms with E-state index in [-0.39, 0.29) is 12.6 Å². The number of benzene rings is 3. The van der Waals surface area contributed by atoms with Gasteiger partial charge in [-0.15, -0.1) is 0 Å². The smallest absolute Gasteiger partial charge is 0.344 e. The van der Waals surface area contributed by atoms with E-state index in [0.29, 0.717) is 19.0 Å². The summed E-state index contributed by atoms with van der Waals surface area (Å²) in [5.41, 5.74) is 2.67. The predicted molar refractivity (Wildman–Crippen MR) is 136 cm³/mol. The van der Waals surface area contributed by atoms with E-state index in [1.54, 1.807) is 14.0 Å². The molecule has 0 N–H and O–H groups in total. The monoisotopic (exact) mass is 464 g/mol. The number of esters is 1. The molecule has 0 unspecified atom stereocenters. The van der Waals surface area contributed by atoms with Crippen molar-refractivity contribution >= 4 is 16.7 Å². The van der Waals surface area contributed by atoms with Crippen LogP contribution in [0.2, 0.25) is 0 Å². The van der Waals surface area contributed by atoms with Crippen molar-refractivity contribution in [2.75, 3.05) is 26.9 Å². The molecule has 0 spiro atoms. The van der Waals surface area contributed by atoms with Crippen molar-refractivity contribution in [3.63, 3.8) is 0 Å². The Hall–Kier alpha value is -3.21. The van der Waals surface area contributed by atoms with Gasteiger partial charge in [-0.3, -0.25) is 0 Å². The first kappa shape index (κ1) is 25.4. The molecule has 34 heavy (non-hydrogen) atoms. The molecule has 0 aliphatic carbocycles. The number of rotatable bonds is 14. The van der Waals surface area contributed by atoms with Crippen LogP contribution >= 0.6 is 0 Å². The van der Waals surface area contributed by atoms with Crippen LogP contribution in [0.15, 0.2) is 54.6 Å². The molecule has 0 saturated carbocycles. The largest absolute Gasteiger partial charge is 0.496 e. The lowest BCUT2D eigenvalue weighted by molar-refractivity contribution is -0.145. The molecule has 0 aromatic heterocycles. The van der Waals surface area contributed by atoms with Crippen molar-refractivity contribution in [2.45, 2.75) is 52.4 Å². The van der Waals surface area contributed by atoms with Gasteiger partial charge in [0, 0.05) is 10.8 Å². The molecule has 5 nitrogen and oxygen atoms in total. The second-order valence-electron chi connectivity index (χ2n) is 8.26. The van der Waals surface area contributed by atoms with Gasteiger partial charge in [0.1, 0.15) is 17.2 Å². The zero-order chi connectivity index (χ0) is 24.2. The summed E-state index contributed by atoms with van der Waals surface area (Å²) >= 11 is 0. The van der Waals surface area contributed by atoms with Crippen molar-refractivity contribution < 1.29 is 23.7 Å². The summed E-state index contributed by atoms with van der Waals surface area (Å²) in [4.78, 5) is 11.6. The van der Waals surface area contributed by atoms with Gasteiger partial charge in [0.2, 0.25) is 0 Å². The normalized spacial score (nSPS) is 10.8. The first-order valence-corrected chi connectivity index (χ1v) is 12.2. The maximum absolute atomic E-state index is 11.6. The molecule has 5 heteroatoms. The molecule has 182 valence electrons. The quantitative estimate of drug-likeness (QED) is 0.200. The zero-order valence-electron chi connectivity index (χ0n) is 20.6. The maximum Gasteiger partial charge on any atom is 0.344 e. The molecule has 0 heterocycles. The van der Waals surface area contributed by atoms with Crippen LogP contribution in [0.1, 0.15) is 50.7 Å². The van der Waals surface area contributed by atoms with Gasteiger partial charge in [0.25, 0.3) is 0 Å². The summed E-state index contributed by atoms with van der Waals surface area (Å²) in [5, 5.41) is 1.90. The van der Waals surface area contributed by atoms with E-state index in [2.05, 4.69) is 25.1 Å². The van der Waals surface area contributed by atoms with Gasteiger partial charge in [-0.1, -0.05) is 49.7 Å². The minimum atomic E-state index is -0.372. The van der Waals surface area contributed by atoms with Crippen LogP contribution < -0.4 is 14.2 Å². The fourth-order valence-corrected chi connectivity index (χ4v) is 4.09. The minimum absolute atomic E-state index is 0.105. The number of aryl methyl sites for hydroxylation is 2. The van der Waals surface area contributed by atoms with Gasteiger partial charge in [-0.25, -0.2) is 4.79 Å². The van der Waals surface area contributed by atoms with Crippen molar-refractivity contribution in [3.8, 4) is 17.2 Å². The number of carbonyl (C=O) groups is 1. The van der Waals surface area contributed by atoms with E-state index in [9.17, 15) is 4.79 Å². The van der Waals surface area contributed by atoms with Gasteiger partial charge >= 0.3 is 5.97 Å². The average Bonchev–Trinajstić information content (AvgIpc) is 2.85. The summed E-state index contributed by atoms with van der Waals surface area (Å²) < 4.78 is 22.2. The highest BCUT2D eigenvalue weighted by atomic mass is 16.6. The standard InChI is InChI=1S/C29H36O5/c1-4-11-23-20-22(17-18-26(23)31-3)12-7-6-8-19-33-27-15-9-14-25-24(27)13-10-16-28(25)34-21-29(30)32-5-2/h9-10,13-18,20H,4-8,11-12,19,21H2,1-3H3. The number of carbonyl (C=O) groups excluding carboxylic acids is 1. The van der Waals surface area contributed by atoms with E-state index in [1.807, 2.05) is 36.4 Å². The number of methoxy groups -OCH3 is 1. The number of hydrogen-bond donors (Lipinski definition) is 0. The Morgan fingerprint density at radius 2 is 1.53 bits per heavy atom. The van der Waals surface area contributed by atoms with Gasteiger partial charge < -0.3 is 18.9 Å². The lowest BCUT2D eigenvalue weighted by Gasteiger charge is -2.13. The molecule has 0 atom stereocenters. The van der Waals surface area contributed by atoms with Crippen LogP contribution in [0.4, 0.5) is 0 Å². The highest BCUT2D eigenvalue weighted by Gasteiger charge is 2.09. The SMILES string of the molecule is CCCc1cc(CCCCCOc2cccc3c(OCC(=O)OCC)cccc23)ccc1OC. The molecule has 0 amide bonds. The van der Waals surface area contributed by atoms with Crippen molar-refractivity contribution in [1.82, 2.24) is 0 Å². The molecule has 0 fully saturated rings. The van der Waals surface area contributed by atoms with Crippen molar-refractivity contribution in [3.05, 3.63) is 65.7 Å². The summed E-state index contributed by atoms with van der Waals surface area (Å²) in [5.74, 6) is 2.10. The van der Waals surface area contributed by atoms with Crippen molar-refractivity contribution in [2.24, 2.45) is 0 Å². The Labute approximate surface area is 203 Å². The van der Waals surface area contributed by atoms with E-state index >= 15 is 0 Å². The highest BCUT2D eigenvalue weighted by Crippen LogP contribution is 2.32. The zero-order valence-corrected chi connectivity index (χ0v) is 20.6. The van der Waals surface area contributed by atoms with Crippen LogP contribution in [0.25, 0.3) is 10.8 Å². The molecule has 3 aromatic carbocycles. The Morgan fingerprint density at radius 3 is 2.21 bits per heavy atom. The number of ether oxygens (including phenoxy) is 4. The van der Waals surface area contributed by atoms with Crippen molar-refractivity contribution in [1.29, 1.82) is 0 Å². The fourth-order valence-electron chi connectivity index (χ4n) is 4.09. The third kappa shape index (κ3) is 7.14. The molecule has 3 aromatic rings. The predicted octanol–water partition coefficient (Wildman–Crippen LogP) is 6.53. The Morgan fingerprint density at radius 1 is 0.794 bits per heavy atom. The second kappa shape index (κ2) is 13.5. The topological polar surface area (TPSA) is 54.0 Å². The van der Waals surface area contributed by atoms with E-state index in [4.69, 9.17) is 18.9 Å². The van der Waals surface area contributed by atoms with Gasteiger partial charge in [-0.2, -0.15) is 0 Å². The minimum Gasteiger partial charge on any atom is -0.496 e. The molecule has 3 rings (SSSR count). The summed E-state index contributed by atoms with van der Waals surface area (Å²) in [6, 6.07) is 18.2.